The first-order valence-corrected chi connectivity index (χ1v) is 13.0. The van der Waals surface area contributed by atoms with Gasteiger partial charge in [-0.15, -0.1) is 23.1 Å². The van der Waals surface area contributed by atoms with Crippen molar-refractivity contribution in [1.29, 1.82) is 0 Å². The van der Waals surface area contributed by atoms with Crippen molar-refractivity contribution in [2.75, 3.05) is 18.8 Å². The number of sulfonamides is 1. The quantitative estimate of drug-likeness (QED) is 0.332. The largest absolute Gasteiger partial charge is 0.352 e. The third-order valence-corrected chi connectivity index (χ3v) is 7.80. The third kappa shape index (κ3) is 6.98. The average molecular weight is 461 g/mol. The molecule has 0 saturated carbocycles. The lowest BCUT2D eigenvalue weighted by Crippen LogP contribution is -2.26. The van der Waals surface area contributed by atoms with Gasteiger partial charge in [-0.05, 0) is 66.4 Å². The van der Waals surface area contributed by atoms with Crippen LogP contribution in [0.4, 0.5) is 0 Å². The summed E-state index contributed by atoms with van der Waals surface area (Å²) in [6, 6.07) is 20.1. The Kier molecular flexibility index (Phi) is 8.50. The first-order valence-electron chi connectivity index (χ1n) is 9.63. The highest BCUT2D eigenvalue weighted by molar-refractivity contribution is 7.99. The maximum Gasteiger partial charge on any atom is 0.251 e. The number of carbonyl (C=O) groups excluding carboxylic acids is 1. The molecule has 0 aliphatic heterocycles. The minimum absolute atomic E-state index is 0.157. The molecule has 3 aromatic rings. The molecule has 0 fully saturated rings. The van der Waals surface area contributed by atoms with Crippen molar-refractivity contribution in [3.63, 3.8) is 0 Å². The Labute approximate surface area is 186 Å². The molecule has 8 heteroatoms. The number of nitrogens with one attached hydrogen (secondary N) is 2. The fourth-order valence-corrected chi connectivity index (χ4v) is 5.33. The Hall–Kier alpha value is -2.13. The van der Waals surface area contributed by atoms with Crippen LogP contribution in [0.5, 0.6) is 0 Å². The van der Waals surface area contributed by atoms with E-state index in [2.05, 4.69) is 22.2 Å². The molecular weight excluding hydrogens is 436 g/mol. The fourth-order valence-electron chi connectivity index (χ4n) is 2.72. The molecule has 158 valence electrons. The number of carbonyl (C=O) groups is 1. The van der Waals surface area contributed by atoms with Crippen LogP contribution >= 0.6 is 23.1 Å². The molecule has 0 spiro atoms. The van der Waals surface area contributed by atoms with Gasteiger partial charge in [-0.2, -0.15) is 0 Å². The predicted molar refractivity (Wildman–Crippen MR) is 124 cm³/mol. The minimum atomic E-state index is -3.59. The summed E-state index contributed by atoms with van der Waals surface area (Å²) in [7, 11) is -3.59. The summed E-state index contributed by atoms with van der Waals surface area (Å²) in [5, 5.41) is 4.85. The van der Waals surface area contributed by atoms with Gasteiger partial charge < -0.3 is 5.32 Å². The van der Waals surface area contributed by atoms with E-state index in [9.17, 15) is 13.2 Å². The Morgan fingerprint density at radius 1 is 0.933 bits per heavy atom. The first-order chi connectivity index (χ1) is 14.5. The lowest BCUT2D eigenvalue weighted by atomic mass is 10.2. The summed E-state index contributed by atoms with van der Waals surface area (Å²) < 4.78 is 27.4. The van der Waals surface area contributed by atoms with Gasteiger partial charge >= 0.3 is 0 Å². The van der Waals surface area contributed by atoms with E-state index in [0.717, 1.165) is 17.1 Å². The highest BCUT2D eigenvalue weighted by Crippen LogP contribution is 2.17. The van der Waals surface area contributed by atoms with Crippen LogP contribution in [0.3, 0.4) is 0 Å². The van der Waals surface area contributed by atoms with Crippen molar-refractivity contribution in [2.24, 2.45) is 0 Å². The van der Waals surface area contributed by atoms with Crippen molar-refractivity contribution >= 4 is 39.0 Å². The number of amides is 1. The van der Waals surface area contributed by atoms with Crippen LogP contribution < -0.4 is 10.0 Å². The van der Waals surface area contributed by atoms with Crippen molar-refractivity contribution in [3.8, 4) is 0 Å². The number of thiophene rings is 1. The van der Waals surface area contributed by atoms with E-state index >= 15 is 0 Å². The van der Waals surface area contributed by atoms with Crippen LogP contribution in [0.15, 0.2) is 81.9 Å². The normalized spacial score (nSPS) is 11.3. The van der Waals surface area contributed by atoms with Crippen molar-refractivity contribution in [1.82, 2.24) is 10.0 Å². The zero-order chi connectivity index (χ0) is 21.2. The van der Waals surface area contributed by atoms with Gasteiger partial charge in [0, 0.05) is 28.4 Å². The lowest BCUT2D eigenvalue weighted by Gasteiger charge is -2.08. The van der Waals surface area contributed by atoms with Crippen LogP contribution in [0.1, 0.15) is 21.7 Å². The summed E-state index contributed by atoms with van der Waals surface area (Å²) >= 11 is 3.36. The highest BCUT2D eigenvalue weighted by Gasteiger charge is 2.14. The van der Waals surface area contributed by atoms with Gasteiger partial charge in [-0.3, -0.25) is 4.79 Å². The van der Waals surface area contributed by atoms with Crippen molar-refractivity contribution in [2.45, 2.75) is 22.6 Å². The molecule has 5 nitrogen and oxygen atoms in total. The summed E-state index contributed by atoms with van der Waals surface area (Å²) in [6.45, 7) is 0.912. The molecule has 3 rings (SSSR count). The summed E-state index contributed by atoms with van der Waals surface area (Å²) in [4.78, 5) is 14.8. The van der Waals surface area contributed by atoms with Crippen molar-refractivity contribution in [3.05, 3.63) is 82.6 Å². The minimum Gasteiger partial charge on any atom is -0.352 e. The maximum absolute atomic E-state index is 12.4. The van der Waals surface area contributed by atoms with E-state index in [0.29, 0.717) is 25.1 Å². The number of hydrogen-bond donors (Lipinski definition) is 2. The molecule has 1 heterocycles. The van der Waals surface area contributed by atoms with E-state index in [-0.39, 0.29) is 10.8 Å². The Morgan fingerprint density at radius 3 is 2.40 bits per heavy atom. The molecule has 0 aliphatic carbocycles. The van der Waals surface area contributed by atoms with Crippen LogP contribution in [-0.2, 0) is 16.4 Å². The van der Waals surface area contributed by atoms with E-state index in [4.69, 9.17) is 0 Å². The Morgan fingerprint density at radius 2 is 1.70 bits per heavy atom. The molecule has 1 amide bonds. The van der Waals surface area contributed by atoms with Gasteiger partial charge in [-0.25, -0.2) is 13.1 Å². The summed E-state index contributed by atoms with van der Waals surface area (Å²) in [5.41, 5.74) is 0.447. The zero-order valence-corrected chi connectivity index (χ0v) is 18.9. The molecule has 2 aromatic carbocycles. The SMILES string of the molecule is O=C(NCCCSc1ccccc1)c1ccc(S(=O)(=O)NCCc2cccs2)cc1. The number of hydrogen-bond acceptors (Lipinski definition) is 5. The van der Waals surface area contributed by atoms with Gasteiger partial charge in [0.2, 0.25) is 10.0 Å². The molecule has 0 bridgehead atoms. The molecule has 0 saturated heterocycles. The topological polar surface area (TPSA) is 75.3 Å². The van der Waals surface area contributed by atoms with Gasteiger partial charge in [0.15, 0.2) is 0 Å². The second kappa shape index (κ2) is 11.3. The third-order valence-electron chi connectivity index (χ3n) is 4.29. The standard InChI is InChI=1S/C22H24N2O3S3/c25-22(23-14-5-17-29-19-6-2-1-3-7-19)18-9-11-21(12-10-18)30(26,27)24-15-13-20-8-4-16-28-20/h1-4,6-12,16,24H,5,13-15,17H2,(H,23,25). The van der Waals surface area contributed by atoms with Gasteiger partial charge in [-0.1, -0.05) is 24.3 Å². The van der Waals surface area contributed by atoms with Crippen molar-refractivity contribution < 1.29 is 13.2 Å². The van der Waals surface area contributed by atoms with Gasteiger partial charge in [0.05, 0.1) is 4.90 Å². The van der Waals surface area contributed by atoms with Crippen LogP contribution in [0.2, 0.25) is 0 Å². The smallest absolute Gasteiger partial charge is 0.251 e. The number of rotatable bonds is 11. The number of thioether (sulfide) groups is 1. The van der Waals surface area contributed by atoms with Crippen LogP contribution in [0, 0.1) is 0 Å². The number of benzene rings is 2. The molecule has 30 heavy (non-hydrogen) atoms. The van der Waals surface area contributed by atoms with E-state index in [1.165, 1.54) is 17.0 Å². The van der Waals surface area contributed by atoms with Gasteiger partial charge in [0.1, 0.15) is 0 Å². The molecule has 1 aromatic heterocycles. The molecule has 2 N–H and O–H groups in total. The Balaban J connectivity index is 1.41. The zero-order valence-electron chi connectivity index (χ0n) is 16.4. The van der Waals surface area contributed by atoms with E-state index < -0.39 is 10.0 Å². The first kappa shape index (κ1) is 22.6. The van der Waals surface area contributed by atoms with Crippen LogP contribution in [-0.4, -0.2) is 33.2 Å². The summed E-state index contributed by atoms with van der Waals surface area (Å²) in [6.07, 6.45) is 1.51. The summed E-state index contributed by atoms with van der Waals surface area (Å²) in [5.74, 6) is 0.716. The van der Waals surface area contributed by atoms with Gasteiger partial charge in [0.25, 0.3) is 5.91 Å². The average Bonchev–Trinajstić information content (AvgIpc) is 3.27. The monoisotopic (exact) mass is 460 g/mol. The molecule has 0 aliphatic rings. The van der Waals surface area contributed by atoms with E-state index in [1.807, 2.05) is 35.7 Å². The maximum atomic E-state index is 12.4. The van der Waals surface area contributed by atoms with E-state index in [1.54, 1.807) is 35.2 Å². The Bertz CT molecular complexity index is 1020. The predicted octanol–water partition coefficient (Wildman–Crippen LogP) is 4.18. The molecule has 0 unspecified atom stereocenters. The molecule has 0 radical (unpaired) electrons. The van der Waals surface area contributed by atoms with Crippen LogP contribution in [0.25, 0.3) is 0 Å². The molecular formula is C22H24N2O3S3. The fraction of sp³-hybridized carbons (Fsp3) is 0.227. The molecule has 0 atom stereocenters. The highest BCUT2D eigenvalue weighted by atomic mass is 32.2. The second-order valence-corrected chi connectivity index (χ2v) is 10.5. The second-order valence-electron chi connectivity index (χ2n) is 6.52. The lowest BCUT2D eigenvalue weighted by molar-refractivity contribution is 0.0953.